The van der Waals surface area contributed by atoms with Crippen LogP contribution in [0.15, 0.2) is 60.7 Å². The maximum absolute atomic E-state index is 12.7. The minimum absolute atomic E-state index is 0.154. The normalized spacial score (nSPS) is 14.4. The fourth-order valence-electron chi connectivity index (χ4n) is 3.14. The first-order valence-electron chi connectivity index (χ1n) is 9.08. The van der Waals surface area contributed by atoms with Gasteiger partial charge in [0.25, 0.3) is 0 Å². The van der Waals surface area contributed by atoms with Crippen molar-refractivity contribution in [3.63, 3.8) is 0 Å². The van der Waals surface area contributed by atoms with Gasteiger partial charge in [-0.2, -0.15) is 5.10 Å². The Morgan fingerprint density at radius 1 is 1.11 bits per heavy atom. The minimum Gasteiger partial charge on any atom is -0.348 e. The fraction of sp³-hybridized carbons (Fsp3) is 0.273. The Bertz CT molecular complexity index is 927. The van der Waals surface area contributed by atoms with Crippen LogP contribution < -0.4 is 11.1 Å². The smallest absolute Gasteiger partial charge is 0.244 e. The molecule has 0 aliphatic heterocycles. The van der Waals surface area contributed by atoms with Crippen LogP contribution in [-0.4, -0.2) is 15.7 Å². The van der Waals surface area contributed by atoms with Gasteiger partial charge in [0, 0.05) is 5.69 Å². The summed E-state index contributed by atoms with van der Waals surface area (Å²) < 4.78 is 1.91. The lowest BCUT2D eigenvalue weighted by atomic mass is 9.91. The molecule has 0 fully saturated rings. The summed E-state index contributed by atoms with van der Waals surface area (Å²) >= 11 is 0. The van der Waals surface area contributed by atoms with Crippen LogP contribution in [0.25, 0.3) is 5.69 Å². The Kier molecular flexibility index (Phi) is 5.15. The summed E-state index contributed by atoms with van der Waals surface area (Å²) in [5, 5.41) is 7.52. The summed E-state index contributed by atoms with van der Waals surface area (Å²) in [7, 11) is 0. The van der Waals surface area contributed by atoms with Crippen molar-refractivity contribution in [2.75, 3.05) is 0 Å². The van der Waals surface area contributed by atoms with Crippen LogP contribution in [0.5, 0.6) is 0 Å². The second-order valence-electron chi connectivity index (χ2n) is 7.19. The van der Waals surface area contributed by atoms with Gasteiger partial charge >= 0.3 is 0 Å². The molecule has 0 saturated carbocycles. The summed E-state index contributed by atoms with van der Waals surface area (Å²) in [6.45, 7) is 7.70. The Morgan fingerprint density at radius 3 is 2.30 bits per heavy atom. The first kappa shape index (κ1) is 18.9. The van der Waals surface area contributed by atoms with Crippen molar-refractivity contribution in [2.45, 2.75) is 39.3 Å². The lowest BCUT2D eigenvalue weighted by molar-refractivity contribution is -0.126. The zero-order valence-corrected chi connectivity index (χ0v) is 16.2. The predicted molar refractivity (Wildman–Crippen MR) is 108 cm³/mol. The molecule has 0 saturated heterocycles. The second kappa shape index (κ2) is 7.37. The van der Waals surface area contributed by atoms with Gasteiger partial charge in [0.05, 0.1) is 17.4 Å². The number of carbonyl (C=O) groups excluding carboxylic acids is 1. The molecule has 27 heavy (non-hydrogen) atoms. The Balaban J connectivity index is 1.73. The van der Waals surface area contributed by atoms with Gasteiger partial charge in [-0.05, 0) is 57.0 Å². The van der Waals surface area contributed by atoms with E-state index in [4.69, 9.17) is 5.73 Å². The molecular formula is C22H26N4O. The molecular weight excluding hydrogens is 336 g/mol. The minimum atomic E-state index is -1.08. The lowest BCUT2D eigenvalue weighted by Gasteiger charge is -2.26. The van der Waals surface area contributed by atoms with Crippen molar-refractivity contribution >= 4 is 5.91 Å². The van der Waals surface area contributed by atoms with E-state index in [2.05, 4.69) is 10.4 Å². The maximum atomic E-state index is 12.7. The topological polar surface area (TPSA) is 72.9 Å². The third-order valence-corrected chi connectivity index (χ3v) is 4.84. The van der Waals surface area contributed by atoms with Crippen molar-refractivity contribution < 1.29 is 4.79 Å². The van der Waals surface area contributed by atoms with Crippen molar-refractivity contribution in [1.82, 2.24) is 15.1 Å². The molecule has 0 aliphatic rings. The highest BCUT2D eigenvalue weighted by Gasteiger charge is 2.31. The van der Waals surface area contributed by atoms with Crippen LogP contribution >= 0.6 is 0 Å². The molecule has 2 aromatic carbocycles. The van der Waals surface area contributed by atoms with Crippen LogP contribution in [0.1, 0.15) is 42.4 Å². The van der Waals surface area contributed by atoms with Gasteiger partial charge in [-0.3, -0.25) is 4.79 Å². The van der Waals surface area contributed by atoms with Crippen LogP contribution in [0.2, 0.25) is 0 Å². The highest BCUT2D eigenvalue weighted by atomic mass is 16.2. The van der Waals surface area contributed by atoms with Gasteiger partial charge in [0.2, 0.25) is 5.91 Å². The number of amides is 1. The number of nitrogens with zero attached hydrogens (tertiary/aromatic N) is 2. The molecule has 5 nitrogen and oxygen atoms in total. The third kappa shape index (κ3) is 3.93. The lowest BCUT2D eigenvalue weighted by Crippen LogP contribution is -2.49. The quantitative estimate of drug-likeness (QED) is 0.729. The molecule has 0 aliphatic carbocycles. The molecule has 0 radical (unpaired) electrons. The number of rotatable bonds is 5. The molecule has 3 N–H and O–H groups in total. The molecule has 3 rings (SSSR count). The van der Waals surface area contributed by atoms with Crippen LogP contribution in [0, 0.1) is 13.8 Å². The Hall–Kier alpha value is -2.92. The standard InChI is InChI=1S/C22H26N4O/c1-15-14-16(2)26(25-15)20-12-10-18(11-13-20)17(3)24-21(27)22(4,23)19-8-6-5-7-9-19/h5-14,17H,23H2,1-4H3,(H,24,27). The van der Waals surface area contributed by atoms with E-state index in [9.17, 15) is 4.79 Å². The number of benzene rings is 2. The van der Waals surface area contributed by atoms with Gasteiger partial charge in [-0.15, -0.1) is 0 Å². The average Bonchev–Trinajstić information content (AvgIpc) is 3.00. The molecule has 3 aromatic rings. The SMILES string of the molecule is Cc1cc(C)n(-c2ccc(C(C)NC(=O)C(C)(N)c3ccccc3)cc2)n1. The van der Waals surface area contributed by atoms with Crippen LogP contribution in [0.3, 0.4) is 0 Å². The van der Waals surface area contributed by atoms with Crippen molar-refractivity contribution in [2.24, 2.45) is 5.73 Å². The van der Waals surface area contributed by atoms with E-state index in [1.165, 1.54) is 0 Å². The van der Waals surface area contributed by atoms with Gasteiger partial charge in [0.1, 0.15) is 5.54 Å². The summed E-state index contributed by atoms with van der Waals surface area (Å²) in [6.07, 6.45) is 0. The highest BCUT2D eigenvalue weighted by molar-refractivity contribution is 5.87. The Labute approximate surface area is 160 Å². The van der Waals surface area contributed by atoms with Crippen LogP contribution in [0.4, 0.5) is 0 Å². The second-order valence-corrected chi connectivity index (χ2v) is 7.19. The molecule has 0 spiro atoms. The fourth-order valence-corrected chi connectivity index (χ4v) is 3.14. The predicted octanol–water partition coefficient (Wildman–Crippen LogP) is 3.54. The van der Waals surface area contributed by atoms with E-state index in [1.54, 1.807) is 6.92 Å². The molecule has 1 aromatic heterocycles. The van der Waals surface area contributed by atoms with E-state index in [0.29, 0.717) is 0 Å². The van der Waals surface area contributed by atoms with Gasteiger partial charge < -0.3 is 11.1 Å². The molecule has 2 atom stereocenters. The molecule has 140 valence electrons. The number of hydrogen-bond acceptors (Lipinski definition) is 3. The highest BCUT2D eigenvalue weighted by Crippen LogP contribution is 2.21. The third-order valence-electron chi connectivity index (χ3n) is 4.84. The summed E-state index contributed by atoms with van der Waals surface area (Å²) in [5.41, 5.74) is 10.1. The van der Waals surface area contributed by atoms with Crippen molar-refractivity contribution in [3.8, 4) is 5.69 Å². The number of hydrogen-bond donors (Lipinski definition) is 2. The molecule has 1 amide bonds. The molecule has 0 bridgehead atoms. The number of carbonyl (C=O) groups is 1. The monoisotopic (exact) mass is 362 g/mol. The largest absolute Gasteiger partial charge is 0.348 e. The summed E-state index contributed by atoms with van der Waals surface area (Å²) in [4.78, 5) is 12.7. The zero-order valence-electron chi connectivity index (χ0n) is 16.2. The van der Waals surface area contributed by atoms with Crippen molar-refractivity contribution in [1.29, 1.82) is 0 Å². The van der Waals surface area contributed by atoms with E-state index < -0.39 is 5.54 Å². The average molecular weight is 362 g/mol. The number of aromatic nitrogens is 2. The van der Waals surface area contributed by atoms with Crippen LogP contribution in [-0.2, 0) is 10.3 Å². The number of nitrogens with one attached hydrogen (secondary N) is 1. The van der Waals surface area contributed by atoms with E-state index >= 15 is 0 Å². The van der Waals surface area contributed by atoms with Gasteiger partial charge in [-0.25, -0.2) is 4.68 Å². The molecule has 5 heteroatoms. The summed E-state index contributed by atoms with van der Waals surface area (Å²) in [5.74, 6) is -0.205. The number of nitrogens with two attached hydrogens (primary N) is 1. The van der Waals surface area contributed by atoms with Gasteiger partial charge in [0.15, 0.2) is 0 Å². The molecule has 1 heterocycles. The Morgan fingerprint density at radius 2 is 1.74 bits per heavy atom. The maximum Gasteiger partial charge on any atom is 0.244 e. The van der Waals surface area contributed by atoms with Crippen molar-refractivity contribution in [3.05, 3.63) is 83.2 Å². The van der Waals surface area contributed by atoms with E-state index in [-0.39, 0.29) is 11.9 Å². The van der Waals surface area contributed by atoms with Gasteiger partial charge in [-0.1, -0.05) is 42.5 Å². The molecule has 2 unspecified atom stereocenters. The zero-order chi connectivity index (χ0) is 19.6. The first-order chi connectivity index (χ1) is 12.8. The first-order valence-corrected chi connectivity index (χ1v) is 9.08. The summed E-state index contributed by atoms with van der Waals surface area (Å²) in [6, 6.07) is 19.3. The number of aryl methyl sites for hydroxylation is 2. The van der Waals surface area contributed by atoms with E-state index in [0.717, 1.165) is 28.2 Å². The van der Waals surface area contributed by atoms with E-state index in [1.807, 2.05) is 86.1 Å².